The summed E-state index contributed by atoms with van der Waals surface area (Å²) in [5, 5.41) is 0. The molecule has 0 aliphatic carbocycles. The largest absolute Gasteiger partial charge is 0.478 e. The molecule has 6 heteroatoms. The minimum Gasteiger partial charge on any atom is -0.478 e. The van der Waals surface area contributed by atoms with Gasteiger partial charge in [-0.05, 0) is 36.4 Å². The van der Waals surface area contributed by atoms with Crippen LogP contribution in [0.3, 0.4) is 0 Å². The van der Waals surface area contributed by atoms with E-state index in [1.54, 1.807) is 0 Å². The Morgan fingerprint density at radius 3 is 1.52 bits per heavy atom. The van der Waals surface area contributed by atoms with Crippen molar-refractivity contribution in [3.8, 4) is 11.5 Å². The summed E-state index contributed by atoms with van der Waals surface area (Å²) in [5.41, 5.74) is 2.42. The van der Waals surface area contributed by atoms with E-state index in [9.17, 15) is 0 Å². The lowest BCUT2D eigenvalue weighted by atomic mass is 10.1. The zero-order valence-electron chi connectivity index (χ0n) is 18.4. The first kappa shape index (κ1) is 20.1. The van der Waals surface area contributed by atoms with Crippen molar-refractivity contribution in [3.63, 3.8) is 0 Å². The lowest BCUT2D eigenvalue weighted by Crippen LogP contribution is -2.31. The molecule has 2 aliphatic heterocycles. The zero-order valence-corrected chi connectivity index (χ0v) is 18.4. The maximum absolute atomic E-state index is 6.09. The summed E-state index contributed by atoms with van der Waals surface area (Å²) in [6.07, 6.45) is 0.638. The highest BCUT2D eigenvalue weighted by Gasteiger charge is 2.20. The van der Waals surface area contributed by atoms with Gasteiger partial charge in [0.05, 0.1) is 19.5 Å². The van der Waals surface area contributed by atoms with E-state index < -0.39 is 0 Å². The van der Waals surface area contributed by atoms with E-state index in [1.165, 1.54) is 11.1 Å². The van der Waals surface area contributed by atoms with Crippen molar-refractivity contribution in [1.29, 1.82) is 0 Å². The Labute approximate surface area is 192 Å². The van der Waals surface area contributed by atoms with Gasteiger partial charge < -0.3 is 18.3 Å². The molecule has 2 aromatic heterocycles. The van der Waals surface area contributed by atoms with Crippen LogP contribution < -0.4 is 9.47 Å². The number of para-hydroxylation sites is 2. The van der Waals surface area contributed by atoms with Gasteiger partial charge in [0.25, 0.3) is 0 Å². The Hall–Kier alpha value is -3.48. The summed E-state index contributed by atoms with van der Waals surface area (Å²) in [5.74, 6) is 5.62. The van der Waals surface area contributed by atoms with Crippen molar-refractivity contribution >= 4 is 0 Å². The van der Waals surface area contributed by atoms with Crippen molar-refractivity contribution in [2.45, 2.75) is 32.6 Å². The van der Waals surface area contributed by atoms with Gasteiger partial charge in [0, 0.05) is 24.2 Å². The molecule has 0 N–H and O–H groups in total. The van der Waals surface area contributed by atoms with E-state index in [0.29, 0.717) is 33.0 Å². The minimum atomic E-state index is 0.569. The molecule has 0 radical (unpaired) electrons. The summed E-state index contributed by atoms with van der Waals surface area (Å²) in [6, 6.07) is 24.5. The number of hydrogen-bond acceptors (Lipinski definition) is 6. The Kier molecular flexibility index (Phi) is 5.38. The van der Waals surface area contributed by atoms with Crippen molar-refractivity contribution < 1.29 is 18.3 Å². The molecule has 0 atom stereocenters. The molecule has 0 amide bonds. The van der Waals surface area contributed by atoms with Crippen LogP contribution in [0.25, 0.3) is 0 Å². The van der Waals surface area contributed by atoms with Crippen molar-refractivity contribution in [2.75, 3.05) is 13.5 Å². The Bertz CT molecular complexity index is 1150. The average molecular weight is 443 g/mol. The number of rotatable bonds is 6. The SMILES string of the molecule is c1ccc2c(c1)CN(Cc1ccc(Cc3ccc(CN4COc5ccccc5C4)o3)o1)CO2. The van der Waals surface area contributed by atoms with E-state index in [0.717, 1.165) is 47.6 Å². The van der Waals surface area contributed by atoms with Crippen LogP contribution in [0, 0.1) is 0 Å². The Morgan fingerprint density at radius 1 is 0.545 bits per heavy atom. The second-order valence-electron chi connectivity index (χ2n) is 8.65. The number of furan rings is 2. The molecule has 0 saturated heterocycles. The van der Waals surface area contributed by atoms with Gasteiger partial charge in [-0.1, -0.05) is 36.4 Å². The van der Waals surface area contributed by atoms with E-state index in [4.69, 9.17) is 18.3 Å². The molecule has 4 aromatic rings. The highest BCUT2D eigenvalue weighted by molar-refractivity contribution is 5.35. The van der Waals surface area contributed by atoms with Crippen LogP contribution >= 0.6 is 0 Å². The summed E-state index contributed by atoms with van der Waals surface area (Å²) >= 11 is 0. The monoisotopic (exact) mass is 442 g/mol. The van der Waals surface area contributed by atoms with E-state index in [2.05, 4.69) is 21.9 Å². The fourth-order valence-electron chi connectivity index (χ4n) is 4.47. The summed E-state index contributed by atoms with van der Waals surface area (Å²) in [6.45, 7) is 4.29. The van der Waals surface area contributed by atoms with E-state index >= 15 is 0 Å². The van der Waals surface area contributed by atoms with Gasteiger partial charge in [0.1, 0.15) is 48.0 Å². The van der Waals surface area contributed by atoms with Crippen LogP contribution in [0.15, 0.2) is 81.6 Å². The number of hydrogen-bond donors (Lipinski definition) is 0. The lowest BCUT2D eigenvalue weighted by molar-refractivity contribution is 0.0815. The molecular formula is C27H26N2O4. The van der Waals surface area contributed by atoms with Crippen LogP contribution in [0.2, 0.25) is 0 Å². The maximum atomic E-state index is 6.09. The van der Waals surface area contributed by atoms with Crippen molar-refractivity contribution in [2.24, 2.45) is 0 Å². The highest BCUT2D eigenvalue weighted by Crippen LogP contribution is 2.27. The van der Waals surface area contributed by atoms with Crippen LogP contribution in [-0.4, -0.2) is 23.3 Å². The quantitative estimate of drug-likeness (QED) is 0.411. The minimum absolute atomic E-state index is 0.569. The molecule has 2 aliphatic rings. The first-order valence-corrected chi connectivity index (χ1v) is 11.3. The molecule has 2 aromatic carbocycles. The third-order valence-electron chi connectivity index (χ3n) is 6.08. The predicted molar refractivity (Wildman–Crippen MR) is 123 cm³/mol. The van der Waals surface area contributed by atoms with Crippen LogP contribution in [-0.2, 0) is 32.6 Å². The smallest absolute Gasteiger partial charge is 0.142 e. The van der Waals surface area contributed by atoms with Gasteiger partial charge in [0.15, 0.2) is 0 Å². The third kappa shape index (κ3) is 4.53. The summed E-state index contributed by atoms with van der Waals surface area (Å²) < 4.78 is 23.9. The van der Waals surface area contributed by atoms with Crippen molar-refractivity contribution in [1.82, 2.24) is 9.80 Å². The molecule has 6 nitrogen and oxygen atoms in total. The van der Waals surface area contributed by atoms with Crippen LogP contribution in [0.4, 0.5) is 0 Å². The lowest BCUT2D eigenvalue weighted by Gasteiger charge is -2.28. The standard InChI is InChI=1S/C27H26N2O4/c1-3-7-26-20(5-1)14-28(18-30-26)16-24-11-9-22(32-24)13-23-10-12-25(33-23)17-29-15-21-6-2-4-8-27(21)31-19-29/h1-12H,13-19H2. The molecule has 0 bridgehead atoms. The first-order valence-electron chi connectivity index (χ1n) is 11.3. The Balaban J connectivity index is 1.04. The molecular weight excluding hydrogens is 416 g/mol. The molecule has 168 valence electrons. The second-order valence-corrected chi connectivity index (χ2v) is 8.65. The maximum Gasteiger partial charge on any atom is 0.142 e. The van der Waals surface area contributed by atoms with Gasteiger partial charge in [-0.15, -0.1) is 0 Å². The number of benzene rings is 2. The van der Waals surface area contributed by atoms with Gasteiger partial charge in [-0.3, -0.25) is 9.80 Å². The average Bonchev–Trinajstić information content (AvgIpc) is 3.48. The zero-order chi connectivity index (χ0) is 22.0. The van der Waals surface area contributed by atoms with Crippen LogP contribution in [0.1, 0.15) is 34.2 Å². The van der Waals surface area contributed by atoms with E-state index in [-0.39, 0.29) is 0 Å². The molecule has 0 fully saturated rings. The molecule has 33 heavy (non-hydrogen) atoms. The van der Waals surface area contributed by atoms with Crippen LogP contribution in [0.5, 0.6) is 11.5 Å². The topological polar surface area (TPSA) is 51.2 Å². The predicted octanol–water partition coefficient (Wildman–Crippen LogP) is 5.17. The third-order valence-corrected chi connectivity index (χ3v) is 6.08. The van der Waals surface area contributed by atoms with Crippen molar-refractivity contribution in [3.05, 3.63) is 107 Å². The first-order chi connectivity index (χ1) is 16.3. The highest BCUT2D eigenvalue weighted by atomic mass is 16.5. The fourth-order valence-corrected chi connectivity index (χ4v) is 4.47. The summed E-state index contributed by atoms with van der Waals surface area (Å²) in [7, 11) is 0. The number of ether oxygens (including phenoxy) is 2. The Morgan fingerprint density at radius 2 is 1.00 bits per heavy atom. The normalized spacial score (nSPS) is 16.0. The number of fused-ring (bicyclic) bond motifs is 2. The molecule has 4 heterocycles. The van der Waals surface area contributed by atoms with Gasteiger partial charge in [-0.25, -0.2) is 0 Å². The number of nitrogens with zero attached hydrogens (tertiary/aromatic N) is 2. The van der Waals surface area contributed by atoms with Gasteiger partial charge in [0.2, 0.25) is 0 Å². The summed E-state index contributed by atoms with van der Waals surface area (Å²) in [4.78, 5) is 4.46. The second kappa shape index (κ2) is 8.81. The fraction of sp³-hybridized carbons (Fsp3) is 0.259. The van der Waals surface area contributed by atoms with Gasteiger partial charge >= 0.3 is 0 Å². The van der Waals surface area contributed by atoms with E-state index in [1.807, 2.05) is 60.7 Å². The molecule has 0 saturated carbocycles. The molecule has 6 rings (SSSR count). The van der Waals surface area contributed by atoms with Gasteiger partial charge in [-0.2, -0.15) is 0 Å². The molecule has 0 unspecified atom stereocenters. The molecule has 0 spiro atoms.